The Kier molecular flexibility index (Phi) is 6.23. The number of piperazine rings is 1. The number of nitrogens with zero attached hydrogens (tertiary/aromatic N) is 3. The van der Waals surface area contributed by atoms with Crippen molar-refractivity contribution in [1.29, 1.82) is 0 Å². The Balaban J connectivity index is 1.38. The molecule has 11 heteroatoms. The molecule has 0 spiro atoms. The number of carbonyl (C=O) groups is 1. The molecule has 33 heavy (non-hydrogen) atoms. The van der Waals surface area contributed by atoms with Gasteiger partial charge in [-0.2, -0.15) is 13.2 Å². The van der Waals surface area contributed by atoms with E-state index in [-0.39, 0.29) is 17.0 Å². The van der Waals surface area contributed by atoms with Crippen LogP contribution in [0.2, 0.25) is 0 Å². The summed E-state index contributed by atoms with van der Waals surface area (Å²) in [5, 5.41) is 3.04. The predicted octanol–water partition coefficient (Wildman–Crippen LogP) is 3.30. The highest BCUT2D eigenvalue weighted by Gasteiger charge is 2.32. The lowest BCUT2D eigenvalue weighted by molar-refractivity contribution is -0.137. The van der Waals surface area contributed by atoms with E-state index in [1.165, 1.54) is 18.1 Å². The zero-order valence-corrected chi connectivity index (χ0v) is 17.8. The number of halogens is 3. The molecule has 8 nitrogen and oxygen atoms in total. The fraction of sp³-hybridized carbons (Fsp3) is 0.318. The minimum absolute atomic E-state index is 0.0438. The van der Waals surface area contributed by atoms with E-state index in [1.807, 2.05) is 11.0 Å². The molecule has 1 aliphatic heterocycles. The van der Waals surface area contributed by atoms with Crippen LogP contribution in [0.4, 0.5) is 23.7 Å². The topological polar surface area (TPSA) is 90.6 Å². The number of carbonyl (C=O) groups excluding carboxylic acids is 1. The van der Waals surface area contributed by atoms with E-state index in [4.69, 9.17) is 4.74 Å². The molecule has 1 saturated heterocycles. The maximum atomic E-state index is 13.0. The van der Waals surface area contributed by atoms with Gasteiger partial charge in [0.2, 0.25) is 0 Å². The first-order valence-corrected chi connectivity index (χ1v) is 10.3. The van der Waals surface area contributed by atoms with E-state index in [2.05, 4.69) is 15.3 Å². The number of amides is 2. The van der Waals surface area contributed by atoms with Gasteiger partial charge in [0.25, 0.3) is 5.56 Å². The number of methoxy groups -OCH3 is 1. The molecule has 0 radical (unpaired) electrons. The summed E-state index contributed by atoms with van der Waals surface area (Å²) in [6.45, 7) is 2.18. The largest absolute Gasteiger partial charge is 0.495 e. The molecule has 0 bridgehead atoms. The van der Waals surface area contributed by atoms with Crippen LogP contribution in [-0.2, 0) is 12.7 Å². The number of aromatic amines is 1. The number of fused-ring (bicyclic) bond motifs is 1. The van der Waals surface area contributed by atoms with Crippen LogP contribution in [-0.4, -0.2) is 59.1 Å². The number of nitrogens with one attached hydrogen (secondary N) is 2. The Hall–Kier alpha value is -3.60. The lowest BCUT2D eigenvalue weighted by Gasteiger charge is -2.34. The van der Waals surface area contributed by atoms with Gasteiger partial charge in [-0.25, -0.2) is 9.78 Å². The maximum Gasteiger partial charge on any atom is 0.416 e. The Morgan fingerprint density at radius 2 is 1.88 bits per heavy atom. The number of urea groups is 1. The van der Waals surface area contributed by atoms with Crippen LogP contribution in [0.3, 0.4) is 0 Å². The van der Waals surface area contributed by atoms with Crippen LogP contribution in [0.1, 0.15) is 11.4 Å². The minimum Gasteiger partial charge on any atom is -0.495 e. The van der Waals surface area contributed by atoms with Crippen molar-refractivity contribution in [2.24, 2.45) is 0 Å². The van der Waals surface area contributed by atoms with E-state index in [0.29, 0.717) is 49.5 Å². The van der Waals surface area contributed by atoms with Crippen molar-refractivity contribution in [2.75, 3.05) is 38.6 Å². The number of para-hydroxylation sites is 1. The van der Waals surface area contributed by atoms with Crippen molar-refractivity contribution >= 4 is 22.6 Å². The average molecular weight is 461 g/mol. The van der Waals surface area contributed by atoms with E-state index < -0.39 is 17.8 Å². The zero-order chi connectivity index (χ0) is 23.6. The average Bonchev–Trinajstić information content (AvgIpc) is 2.79. The molecule has 1 aliphatic rings. The van der Waals surface area contributed by atoms with Crippen molar-refractivity contribution in [3.63, 3.8) is 0 Å². The highest BCUT2D eigenvalue weighted by molar-refractivity contribution is 5.91. The second-order valence-electron chi connectivity index (χ2n) is 7.64. The summed E-state index contributed by atoms with van der Waals surface area (Å²) in [6.07, 6.45) is -4.53. The van der Waals surface area contributed by atoms with Crippen LogP contribution in [0.15, 0.2) is 47.3 Å². The summed E-state index contributed by atoms with van der Waals surface area (Å²) in [5.41, 5.74) is -0.508. The number of alkyl halides is 3. The van der Waals surface area contributed by atoms with Gasteiger partial charge in [-0.3, -0.25) is 9.69 Å². The first-order chi connectivity index (χ1) is 15.7. The van der Waals surface area contributed by atoms with E-state index in [9.17, 15) is 22.8 Å². The van der Waals surface area contributed by atoms with Crippen molar-refractivity contribution in [3.8, 4) is 5.75 Å². The molecule has 1 fully saturated rings. The summed E-state index contributed by atoms with van der Waals surface area (Å²) in [7, 11) is 1.32. The second kappa shape index (κ2) is 9.10. The molecule has 1 aromatic heterocycles. The number of H-pyrrole nitrogens is 1. The van der Waals surface area contributed by atoms with Crippen LogP contribution in [0.25, 0.3) is 10.9 Å². The molecule has 2 amide bonds. The highest BCUT2D eigenvalue weighted by Crippen LogP contribution is 2.35. The standard InChI is InChI=1S/C22H22F3N5O3/c1-33-18-7-6-14(22(23,24)25)12-17(18)27-21(32)30-10-8-29(9-11-30)13-19-26-16-5-3-2-4-15(16)20(31)28-19/h2-7,12H,8-11,13H2,1H3,(H,27,32)(H,26,28,31). The fourth-order valence-corrected chi connectivity index (χ4v) is 3.71. The Morgan fingerprint density at radius 1 is 1.15 bits per heavy atom. The van der Waals surface area contributed by atoms with Crippen LogP contribution in [0, 0.1) is 0 Å². The van der Waals surface area contributed by atoms with Gasteiger partial charge in [-0.05, 0) is 30.3 Å². The fourth-order valence-electron chi connectivity index (χ4n) is 3.71. The third-order valence-corrected chi connectivity index (χ3v) is 5.46. The molecular weight excluding hydrogens is 439 g/mol. The van der Waals surface area contributed by atoms with Crippen molar-refractivity contribution in [1.82, 2.24) is 19.8 Å². The van der Waals surface area contributed by atoms with Crippen molar-refractivity contribution < 1.29 is 22.7 Å². The number of hydrogen-bond donors (Lipinski definition) is 2. The smallest absolute Gasteiger partial charge is 0.416 e. The number of anilines is 1. The molecule has 0 aliphatic carbocycles. The van der Waals surface area contributed by atoms with Crippen LogP contribution in [0.5, 0.6) is 5.75 Å². The summed E-state index contributed by atoms with van der Waals surface area (Å²) < 4.78 is 44.2. The lowest BCUT2D eigenvalue weighted by atomic mass is 10.2. The summed E-state index contributed by atoms with van der Waals surface area (Å²) in [5.74, 6) is 0.673. The SMILES string of the molecule is COc1ccc(C(F)(F)F)cc1NC(=O)N1CCN(Cc2nc3ccccc3c(=O)[nH]2)CC1. The molecule has 174 valence electrons. The van der Waals surface area contributed by atoms with Gasteiger partial charge in [0, 0.05) is 26.2 Å². The number of benzene rings is 2. The molecule has 2 heterocycles. The van der Waals surface area contributed by atoms with Gasteiger partial charge in [-0.1, -0.05) is 12.1 Å². The second-order valence-corrected chi connectivity index (χ2v) is 7.64. The molecule has 0 saturated carbocycles. The van der Waals surface area contributed by atoms with E-state index >= 15 is 0 Å². The first kappa shape index (κ1) is 22.6. The van der Waals surface area contributed by atoms with Gasteiger partial charge >= 0.3 is 12.2 Å². The predicted molar refractivity (Wildman–Crippen MR) is 116 cm³/mol. The number of aromatic nitrogens is 2. The molecule has 4 rings (SSSR count). The Labute approximate surface area is 187 Å². The third kappa shape index (κ3) is 5.08. The highest BCUT2D eigenvalue weighted by atomic mass is 19.4. The molecule has 0 atom stereocenters. The summed E-state index contributed by atoms with van der Waals surface area (Å²) in [4.78, 5) is 35.7. The van der Waals surface area contributed by atoms with E-state index in [1.54, 1.807) is 18.2 Å². The van der Waals surface area contributed by atoms with Crippen LogP contribution >= 0.6 is 0 Å². The maximum absolute atomic E-state index is 13.0. The summed E-state index contributed by atoms with van der Waals surface area (Å²) in [6, 6.07) is 9.50. The molecule has 2 N–H and O–H groups in total. The monoisotopic (exact) mass is 461 g/mol. The van der Waals surface area contributed by atoms with Gasteiger partial charge < -0.3 is 19.9 Å². The number of ether oxygens (including phenoxy) is 1. The zero-order valence-electron chi connectivity index (χ0n) is 17.8. The molecule has 0 unspecified atom stereocenters. The Morgan fingerprint density at radius 3 is 2.58 bits per heavy atom. The van der Waals surface area contributed by atoms with Gasteiger partial charge in [0.05, 0.1) is 35.8 Å². The Bertz CT molecular complexity index is 1220. The molecule has 3 aromatic rings. The first-order valence-electron chi connectivity index (χ1n) is 10.3. The van der Waals surface area contributed by atoms with Gasteiger partial charge in [-0.15, -0.1) is 0 Å². The molecule has 2 aromatic carbocycles. The van der Waals surface area contributed by atoms with Crippen molar-refractivity contribution in [3.05, 3.63) is 64.2 Å². The van der Waals surface area contributed by atoms with Crippen LogP contribution < -0.4 is 15.6 Å². The molecular formula is C22H22F3N5O3. The van der Waals surface area contributed by atoms with E-state index in [0.717, 1.165) is 12.1 Å². The third-order valence-electron chi connectivity index (χ3n) is 5.46. The van der Waals surface area contributed by atoms with Gasteiger partial charge in [0.1, 0.15) is 11.6 Å². The van der Waals surface area contributed by atoms with Crippen molar-refractivity contribution in [2.45, 2.75) is 12.7 Å². The normalized spacial score (nSPS) is 15.0. The number of hydrogen-bond acceptors (Lipinski definition) is 5. The van der Waals surface area contributed by atoms with Gasteiger partial charge in [0.15, 0.2) is 0 Å². The minimum atomic E-state index is -4.53. The number of rotatable bonds is 4. The summed E-state index contributed by atoms with van der Waals surface area (Å²) >= 11 is 0. The quantitative estimate of drug-likeness (QED) is 0.622. The lowest BCUT2D eigenvalue weighted by Crippen LogP contribution is -2.49.